The first kappa shape index (κ1) is 16.0. The molecule has 0 aliphatic rings. The van der Waals surface area contributed by atoms with Gasteiger partial charge in [-0.05, 0) is 38.0 Å². The molecule has 4 nitrogen and oxygen atoms in total. The lowest BCUT2D eigenvalue weighted by Gasteiger charge is -2.25. The zero-order valence-electron chi connectivity index (χ0n) is 11.5. The molecule has 106 valence electrons. The summed E-state index contributed by atoms with van der Waals surface area (Å²) in [5, 5.41) is 15.8. The fraction of sp³-hybridized carbons (Fsp3) is 0.500. The van der Waals surface area contributed by atoms with Crippen molar-refractivity contribution in [3.05, 3.63) is 34.3 Å². The molecule has 0 heterocycles. The number of halogens is 1. The van der Waals surface area contributed by atoms with Crippen molar-refractivity contribution in [1.29, 1.82) is 0 Å². The van der Waals surface area contributed by atoms with Crippen LogP contribution in [0.2, 0.25) is 0 Å². The molecule has 19 heavy (non-hydrogen) atoms. The van der Waals surface area contributed by atoms with Crippen LogP contribution in [0.3, 0.4) is 0 Å². The molecule has 0 saturated carbocycles. The third kappa shape index (κ3) is 5.20. The van der Waals surface area contributed by atoms with E-state index in [2.05, 4.69) is 26.6 Å². The van der Waals surface area contributed by atoms with Crippen LogP contribution in [-0.2, 0) is 5.60 Å². The van der Waals surface area contributed by atoms with Crippen LogP contribution >= 0.6 is 15.9 Å². The van der Waals surface area contributed by atoms with Crippen molar-refractivity contribution < 1.29 is 9.90 Å². The molecule has 2 unspecified atom stereocenters. The summed E-state index contributed by atoms with van der Waals surface area (Å²) in [7, 11) is 0. The molecule has 0 bridgehead atoms. The topological polar surface area (TPSA) is 61.4 Å². The molecule has 0 radical (unpaired) electrons. The van der Waals surface area contributed by atoms with E-state index in [1.54, 1.807) is 6.92 Å². The van der Waals surface area contributed by atoms with E-state index in [9.17, 15) is 9.90 Å². The monoisotopic (exact) mass is 328 g/mol. The normalized spacial score (nSPS) is 15.4. The Labute approximate surface area is 122 Å². The van der Waals surface area contributed by atoms with E-state index in [0.717, 1.165) is 16.5 Å². The molecule has 0 saturated heterocycles. The van der Waals surface area contributed by atoms with Crippen molar-refractivity contribution in [1.82, 2.24) is 10.6 Å². The number of hydrogen-bond acceptors (Lipinski definition) is 2. The van der Waals surface area contributed by atoms with Gasteiger partial charge in [0.2, 0.25) is 0 Å². The number of hydrogen-bond donors (Lipinski definition) is 3. The Morgan fingerprint density at radius 2 is 2.00 bits per heavy atom. The maximum Gasteiger partial charge on any atom is 0.315 e. The molecule has 0 aliphatic heterocycles. The highest BCUT2D eigenvalue weighted by Crippen LogP contribution is 2.21. The minimum Gasteiger partial charge on any atom is -0.384 e. The second kappa shape index (κ2) is 6.91. The number of carbonyl (C=O) groups excluding carboxylic acids is 1. The molecule has 0 aromatic heterocycles. The third-order valence-electron chi connectivity index (χ3n) is 3.05. The maximum absolute atomic E-state index is 11.6. The summed E-state index contributed by atoms with van der Waals surface area (Å²) < 4.78 is 0.953. The smallest absolute Gasteiger partial charge is 0.315 e. The number of nitrogens with one attached hydrogen (secondary N) is 2. The second-order valence-corrected chi connectivity index (χ2v) is 5.83. The predicted octanol–water partition coefficient (Wildman–Crippen LogP) is 2.75. The van der Waals surface area contributed by atoms with E-state index >= 15 is 0 Å². The Morgan fingerprint density at radius 1 is 1.42 bits per heavy atom. The molecule has 2 atom stereocenters. The van der Waals surface area contributed by atoms with E-state index in [4.69, 9.17) is 0 Å². The highest BCUT2D eigenvalue weighted by molar-refractivity contribution is 9.10. The second-order valence-electron chi connectivity index (χ2n) is 4.92. The van der Waals surface area contributed by atoms with E-state index < -0.39 is 5.60 Å². The molecule has 1 aromatic carbocycles. The number of aliphatic hydroxyl groups is 1. The van der Waals surface area contributed by atoms with Crippen molar-refractivity contribution in [2.45, 2.75) is 38.8 Å². The lowest BCUT2D eigenvalue weighted by molar-refractivity contribution is 0.0592. The van der Waals surface area contributed by atoms with Gasteiger partial charge < -0.3 is 15.7 Å². The molecule has 1 aromatic rings. The van der Waals surface area contributed by atoms with Gasteiger partial charge in [-0.2, -0.15) is 0 Å². The van der Waals surface area contributed by atoms with Crippen LogP contribution in [-0.4, -0.2) is 23.7 Å². The van der Waals surface area contributed by atoms with Gasteiger partial charge >= 0.3 is 6.03 Å². The number of amides is 2. The van der Waals surface area contributed by atoms with Crippen LogP contribution in [0.25, 0.3) is 0 Å². The van der Waals surface area contributed by atoms with Gasteiger partial charge in [0, 0.05) is 10.5 Å². The van der Waals surface area contributed by atoms with Crippen LogP contribution in [0.1, 0.15) is 32.8 Å². The summed E-state index contributed by atoms with van der Waals surface area (Å²) in [5.41, 5.74) is -0.326. The van der Waals surface area contributed by atoms with Gasteiger partial charge in [-0.15, -0.1) is 0 Å². The average Bonchev–Trinajstić information content (AvgIpc) is 2.37. The van der Waals surface area contributed by atoms with Crippen molar-refractivity contribution >= 4 is 22.0 Å². The van der Waals surface area contributed by atoms with E-state index in [-0.39, 0.29) is 18.6 Å². The first-order valence-corrected chi connectivity index (χ1v) is 7.17. The molecular formula is C14H21BrN2O2. The zero-order chi connectivity index (χ0) is 14.5. The number of benzene rings is 1. The lowest BCUT2D eigenvalue weighted by atomic mass is 9.96. The minimum atomic E-state index is -1.09. The Balaban J connectivity index is 2.55. The third-order valence-corrected chi connectivity index (χ3v) is 3.58. The van der Waals surface area contributed by atoms with Gasteiger partial charge in [-0.25, -0.2) is 4.79 Å². The highest BCUT2D eigenvalue weighted by atomic mass is 79.9. The largest absolute Gasteiger partial charge is 0.384 e. The molecule has 0 fully saturated rings. The van der Waals surface area contributed by atoms with Gasteiger partial charge in [0.15, 0.2) is 0 Å². The van der Waals surface area contributed by atoms with E-state index in [0.29, 0.717) is 0 Å². The summed E-state index contributed by atoms with van der Waals surface area (Å²) in [6.07, 6.45) is 0.872. The fourth-order valence-electron chi connectivity index (χ4n) is 1.54. The Kier molecular flexibility index (Phi) is 5.82. The Bertz CT molecular complexity index is 418. The first-order valence-electron chi connectivity index (χ1n) is 6.38. The summed E-state index contributed by atoms with van der Waals surface area (Å²) in [5.74, 6) is 0. The maximum atomic E-state index is 11.6. The summed E-state index contributed by atoms with van der Waals surface area (Å²) in [6.45, 7) is 5.78. The van der Waals surface area contributed by atoms with Crippen LogP contribution in [0.4, 0.5) is 4.79 Å². The quantitative estimate of drug-likeness (QED) is 0.778. The first-order chi connectivity index (χ1) is 8.85. The summed E-state index contributed by atoms with van der Waals surface area (Å²) in [6, 6.07) is 7.26. The van der Waals surface area contributed by atoms with Crippen molar-refractivity contribution in [3.8, 4) is 0 Å². The van der Waals surface area contributed by atoms with E-state index in [1.807, 2.05) is 38.1 Å². The molecular weight excluding hydrogens is 308 g/mol. The molecule has 0 aliphatic carbocycles. The van der Waals surface area contributed by atoms with Crippen LogP contribution < -0.4 is 10.6 Å². The van der Waals surface area contributed by atoms with Gasteiger partial charge in [-0.1, -0.05) is 35.0 Å². The summed E-state index contributed by atoms with van der Waals surface area (Å²) >= 11 is 3.35. The van der Waals surface area contributed by atoms with Crippen LogP contribution in [0, 0.1) is 0 Å². The molecule has 2 amide bonds. The van der Waals surface area contributed by atoms with Crippen molar-refractivity contribution in [2.75, 3.05) is 6.54 Å². The van der Waals surface area contributed by atoms with Crippen molar-refractivity contribution in [3.63, 3.8) is 0 Å². The molecule has 5 heteroatoms. The summed E-state index contributed by atoms with van der Waals surface area (Å²) in [4.78, 5) is 11.6. The molecule has 1 rings (SSSR count). The van der Waals surface area contributed by atoms with Crippen LogP contribution in [0.15, 0.2) is 28.7 Å². The highest BCUT2D eigenvalue weighted by Gasteiger charge is 2.23. The molecule has 3 N–H and O–H groups in total. The van der Waals surface area contributed by atoms with Gasteiger partial charge in [0.1, 0.15) is 5.60 Å². The standard InChI is InChI=1S/C14H21BrN2O2/c1-4-10(2)17-13(18)16-9-14(3,19)11-5-7-12(15)8-6-11/h5-8,10,19H,4,9H2,1-3H3,(H2,16,17,18). The van der Waals surface area contributed by atoms with Crippen LogP contribution in [0.5, 0.6) is 0 Å². The predicted molar refractivity (Wildman–Crippen MR) is 80.0 cm³/mol. The number of carbonyl (C=O) groups is 1. The minimum absolute atomic E-state index is 0.123. The van der Waals surface area contributed by atoms with Gasteiger partial charge in [0.05, 0.1) is 6.54 Å². The fourth-order valence-corrected chi connectivity index (χ4v) is 1.80. The number of urea groups is 1. The zero-order valence-corrected chi connectivity index (χ0v) is 13.1. The Hall–Kier alpha value is -1.07. The van der Waals surface area contributed by atoms with Gasteiger partial charge in [0.25, 0.3) is 0 Å². The van der Waals surface area contributed by atoms with Gasteiger partial charge in [-0.3, -0.25) is 0 Å². The SMILES string of the molecule is CCC(C)NC(=O)NCC(C)(O)c1ccc(Br)cc1. The average molecular weight is 329 g/mol. The Morgan fingerprint density at radius 3 is 2.53 bits per heavy atom. The van der Waals surface area contributed by atoms with E-state index in [1.165, 1.54) is 0 Å². The lowest BCUT2D eigenvalue weighted by Crippen LogP contribution is -2.45. The molecule has 0 spiro atoms. The number of rotatable bonds is 5. The van der Waals surface area contributed by atoms with Crippen molar-refractivity contribution in [2.24, 2.45) is 0 Å².